The average molecular weight is 463 g/mol. The molecule has 0 saturated carbocycles. The van der Waals surface area contributed by atoms with E-state index in [4.69, 9.17) is 4.74 Å². The fourth-order valence-electron chi connectivity index (χ4n) is 3.40. The zero-order valence-corrected chi connectivity index (χ0v) is 20.2. The minimum Gasteiger partial charge on any atom is -0.497 e. The monoisotopic (exact) mass is 462 g/mol. The highest BCUT2D eigenvalue weighted by Gasteiger charge is 2.21. The van der Waals surface area contributed by atoms with Gasteiger partial charge in [0.25, 0.3) is 11.8 Å². The smallest absolute Gasteiger partial charge is 0.268 e. The van der Waals surface area contributed by atoms with E-state index in [1.807, 2.05) is 60.8 Å². The lowest BCUT2D eigenvalue weighted by molar-refractivity contribution is -0.118. The Morgan fingerprint density at radius 2 is 1.73 bits per heavy atom. The molecule has 2 amide bonds. The van der Waals surface area contributed by atoms with Crippen LogP contribution < -0.4 is 15.4 Å². The first-order valence-electron chi connectivity index (χ1n) is 10.9. The summed E-state index contributed by atoms with van der Waals surface area (Å²) < 4.78 is 5.26. The molecule has 0 aliphatic heterocycles. The van der Waals surface area contributed by atoms with Crippen LogP contribution in [-0.2, 0) is 4.79 Å². The summed E-state index contributed by atoms with van der Waals surface area (Å²) in [6, 6.07) is 18.6. The summed E-state index contributed by atoms with van der Waals surface area (Å²) in [6.45, 7) is 6.19. The third-order valence-electron chi connectivity index (χ3n) is 5.17. The Hall–Kier alpha value is -3.38. The number of nitrogens with one attached hydrogen (secondary N) is 2. The van der Waals surface area contributed by atoms with Gasteiger partial charge < -0.3 is 15.4 Å². The fraction of sp³-hybridized carbons (Fsp3) is 0.259. The van der Waals surface area contributed by atoms with Crippen LogP contribution in [0.1, 0.15) is 52.7 Å². The number of amides is 2. The third-order valence-corrected chi connectivity index (χ3v) is 5.99. The lowest BCUT2D eigenvalue weighted by Gasteiger charge is -2.22. The van der Waals surface area contributed by atoms with Gasteiger partial charge in [0.05, 0.1) is 13.2 Å². The van der Waals surface area contributed by atoms with Crippen LogP contribution in [0.2, 0.25) is 0 Å². The number of carbonyl (C=O) groups is 2. The summed E-state index contributed by atoms with van der Waals surface area (Å²) in [5.74, 6) is 0.476. The van der Waals surface area contributed by atoms with Crippen LogP contribution in [0.4, 0.5) is 0 Å². The van der Waals surface area contributed by atoms with Gasteiger partial charge in [0.1, 0.15) is 11.4 Å². The van der Waals surface area contributed by atoms with Gasteiger partial charge >= 0.3 is 0 Å². The molecule has 1 atom stereocenters. The van der Waals surface area contributed by atoms with Crippen molar-refractivity contribution >= 4 is 29.2 Å². The minimum absolute atomic E-state index is 0.202. The fourth-order valence-corrected chi connectivity index (χ4v) is 4.05. The van der Waals surface area contributed by atoms with Crippen molar-refractivity contribution in [2.45, 2.75) is 33.2 Å². The SMILES string of the molecule is COc1ccc([C@@H](CC(C)C)NC(=O)/C(=C/c2cccs2)NC(=O)c2ccc(C)cc2)cc1. The summed E-state index contributed by atoms with van der Waals surface area (Å²) in [5, 5.41) is 7.87. The summed E-state index contributed by atoms with van der Waals surface area (Å²) in [7, 11) is 1.63. The first kappa shape index (κ1) is 24.3. The minimum atomic E-state index is -0.328. The standard InChI is InChI=1S/C27H30N2O3S/c1-18(2)16-24(20-11-13-22(32-4)14-12-20)28-27(31)25(17-23-6-5-15-33-23)29-26(30)21-9-7-19(3)8-10-21/h5-15,17-18,24H,16H2,1-4H3,(H,28,31)(H,29,30)/b25-17-/t24-/m1/s1. The molecule has 33 heavy (non-hydrogen) atoms. The van der Waals surface area contributed by atoms with Crippen molar-refractivity contribution in [3.05, 3.63) is 93.3 Å². The topological polar surface area (TPSA) is 67.4 Å². The van der Waals surface area contributed by atoms with E-state index in [2.05, 4.69) is 24.5 Å². The van der Waals surface area contributed by atoms with Crippen LogP contribution in [0.3, 0.4) is 0 Å². The Morgan fingerprint density at radius 1 is 1.03 bits per heavy atom. The first-order valence-corrected chi connectivity index (χ1v) is 11.8. The molecule has 172 valence electrons. The number of hydrogen-bond donors (Lipinski definition) is 2. The summed E-state index contributed by atoms with van der Waals surface area (Å²) in [5.41, 5.74) is 2.76. The zero-order chi connectivity index (χ0) is 23.8. The molecule has 0 aliphatic carbocycles. The van der Waals surface area contributed by atoms with E-state index in [1.165, 1.54) is 11.3 Å². The van der Waals surface area contributed by atoms with Crippen LogP contribution in [0, 0.1) is 12.8 Å². The molecule has 0 spiro atoms. The molecule has 0 fully saturated rings. The van der Waals surface area contributed by atoms with Crippen molar-refractivity contribution in [3.63, 3.8) is 0 Å². The van der Waals surface area contributed by atoms with Crippen LogP contribution in [0.5, 0.6) is 5.75 Å². The van der Waals surface area contributed by atoms with Gasteiger partial charge in [0.15, 0.2) is 0 Å². The lowest BCUT2D eigenvalue weighted by Crippen LogP contribution is -2.37. The van der Waals surface area contributed by atoms with E-state index in [0.717, 1.165) is 28.2 Å². The lowest BCUT2D eigenvalue weighted by atomic mass is 9.96. The van der Waals surface area contributed by atoms with Gasteiger partial charge in [-0.05, 0) is 66.6 Å². The second kappa shape index (κ2) is 11.5. The largest absolute Gasteiger partial charge is 0.497 e. The second-order valence-corrected chi connectivity index (χ2v) is 9.30. The van der Waals surface area contributed by atoms with Gasteiger partial charge in [-0.3, -0.25) is 9.59 Å². The van der Waals surface area contributed by atoms with Crippen molar-refractivity contribution in [1.29, 1.82) is 0 Å². The molecule has 2 N–H and O–H groups in total. The number of rotatable bonds is 9. The van der Waals surface area contributed by atoms with Gasteiger partial charge in [0, 0.05) is 10.4 Å². The van der Waals surface area contributed by atoms with Crippen LogP contribution >= 0.6 is 11.3 Å². The Morgan fingerprint density at radius 3 is 2.30 bits per heavy atom. The molecule has 0 radical (unpaired) electrons. The molecule has 5 nitrogen and oxygen atoms in total. The molecule has 1 heterocycles. The number of methoxy groups -OCH3 is 1. The maximum Gasteiger partial charge on any atom is 0.268 e. The van der Waals surface area contributed by atoms with Crippen LogP contribution in [0.25, 0.3) is 6.08 Å². The van der Waals surface area contributed by atoms with Crippen molar-refractivity contribution < 1.29 is 14.3 Å². The first-order chi connectivity index (χ1) is 15.9. The molecule has 3 aromatic rings. The highest BCUT2D eigenvalue weighted by Crippen LogP contribution is 2.24. The number of thiophene rings is 1. The number of carbonyl (C=O) groups excluding carboxylic acids is 2. The van der Waals surface area contributed by atoms with E-state index in [9.17, 15) is 9.59 Å². The van der Waals surface area contributed by atoms with E-state index in [0.29, 0.717) is 11.5 Å². The molecular formula is C27H30N2O3S. The maximum absolute atomic E-state index is 13.4. The van der Waals surface area contributed by atoms with Gasteiger partial charge in [-0.1, -0.05) is 49.7 Å². The Bertz CT molecular complexity index is 1090. The van der Waals surface area contributed by atoms with E-state index in [-0.39, 0.29) is 23.6 Å². The van der Waals surface area contributed by atoms with Crippen LogP contribution in [0.15, 0.2) is 71.7 Å². The van der Waals surface area contributed by atoms with Crippen molar-refractivity contribution in [2.24, 2.45) is 5.92 Å². The zero-order valence-electron chi connectivity index (χ0n) is 19.4. The molecule has 3 rings (SSSR count). The molecule has 0 unspecified atom stereocenters. The quantitative estimate of drug-likeness (QED) is 0.399. The Kier molecular flexibility index (Phi) is 8.44. The Labute approximate surface area is 199 Å². The normalized spacial score (nSPS) is 12.3. The molecule has 6 heteroatoms. The molecule has 0 bridgehead atoms. The van der Waals surface area contributed by atoms with E-state index < -0.39 is 0 Å². The van der Waals surface area contributed by atoms with E-state index >= 15 is 0 Å². The van der Waals surface area contributed by atoms with Crippen LogP contribution in [-0.4, -0.2) is 18.9 Å². The average Bonchev–Trinajstić information content (AvgIpc) is 3.31. The summed E-state index contributed by atoms with van der Waals surface area (Å²) >= 11 is 1.50. The number of benzene rings is 2. The van der Waals surface area contributed by atoms with Gasteiger partial charge in [-0.25, -0.2) is 0 Å². The predicted octanol–water partition coefficient (Wildman–Crippen LogP) is 5.74. The van der Waals surface area contributed by atoms with Crippen molar-refractivity contribution in [2.75, 3.05) is 7.11 Å². The molecule has 0 aliphatic rings. The predicted molar refractivity (Wildman–Crippen MR) is 134 cm³/mol. The van der Waals surface area contributed by atoms with Crippen molar-refractivity contribution in [3.8, 4) is 5.75 Å². The van der Waals surface area contributed by atoms with Gasteiger partial charge in [-0.15, -0.1) is 11.3 Å². The molecule has 2 aromatic carbocycles. The third kappa shape index (κ3) is 7.05. The number of hydrogen-bond acceptors (Lipinski definition) is 4. The number of aryl methyl sites for hydroxylation is 1. The number of ether oxygens (including phenoxy) is 1. The highest BCUT2D eigenvalue weighted by atomic mass is 32.1. The molecule has 0 saturated heterocycles. The summed E-state index contributed by atoms with van der Waals surface area (Å²) in [4.78, 5) is 27.1. The maximum atomic E-state index is 13.4. The highest BCUT2D eigenvalue weighted by molar-refractivity contribution is 7.10. The summed E-state index contributed by atoms with van der Waals surface area (Å²) in [6.07, 6.45) is 2.48. The Balaban J connectivity index is 1.85. The van der Waals surface area contributed by atoms with Gasteiger partial charge in [-0.2, -0.15) is 0 Å². The molecular weight excluding hydrogens is 432 g/mol. The van der Waals surface area contributed by atoms with Crippen molar-refractivity contribution in [1.82, 2.24) is 10.6 Å². The second-order valence-electron chi connectivity index (χ2n) is 8.32. The molecule has 1 aromatic heterocycles. The van der Waals surface area contributed by atoms with E-state index in [1.54, 1.807) is 25.3 Å². The van der Waals surface area contributed by atoms with Gasteiger partial charge in [0.2, 0.25) is 0 Å².